The Morgan fingerprint density at radius 1 is 0.929 bits per heavy atom. The van der Waals surface area contributed by atoms with Crippen molar-refractivity contribution in [2.75, 3.05) is 0 Å². The fourth-order valence-electron chi connectivity index (χ4n) is 3.10. The van der Waals surface area contributed by atoms with E-state index in [4.69, 9.17) is 10.00 Å². The van der Waals surface area contributed by atoms with Crippen molar-refractivity contribution < 1.29 is 9.53 Å². The van der Waals surface area contributed by atoms with E-state index in [9.17, 15) is 4.79 Å². The summed E-state index contributed by atoms with van der Waals surface area (Å²) >= 11 is 0. The number of carbonyl (C=O) groups is 1. The highest BCUT2D eigenvalue weighted by atomic mass is 16.5. The number of hydrogen-bond donors (Lipinski definition) is 0. The molecule has 1 heterocycles. The Kier molecular flexibility index (Phi) is 4.81. The summed E-state index contributed by atoms with van der Waals surface area (Å²) in [4.78, 5) is 16.8. The van der Waals surface area contributed by atoms with E-state index in [1.165, 1.54) is 6.08 Å². The Bertz CT molecular complexity index is 1240. The van der Waals surface area contributed by atoms with Crippen molar-refractivity contribution in [1.82, 2.24) is 4.98 Å². The average molecular weight is 364 g/mol. The number of benzene rings is 3. The van der Waals surface area contributed by atoms with Crippen molar-refractivity contribution in [1.29, 1.82) is 5.26 Å². The molecule has 0 aliphatic heterocycles. The molecule has 0 fully saturated rings. The van der Waals surface area contributed by atoms with Crippen LogP contribution in [-0.4, -0.2) is 11.0 Å². The molecule has 0 saturated carbocycles. The van der Waals surface area contributed by atoms with Crippen molar-refractivity contribution >= 4 is 33.7 Å². The van der Waals surface area contributed by atoms with Gasteiger partial charge in [-0.25, -0.2) is 9.78 Å². The van der Waals surface area contributed by atoms with Crippen LogP contribution in [0.2, 0.25) is 0 Å². The maximum Gasteiger partial charge on any atom is 0.331 e. The third-order valence-electron chi connectivity index (χ3n) is 4.49. The van der Waals surface area contributed by atoms with E-state index >= 15 is 0 Å². The van der Waals surface area contributed by atoms with Gasteiger partial charge in [-0.3, -0.25) is 0 Å². The molecule has 0 N–H and O–H groups in total. The maximum absolute atomic E-state index is 12.1. The van der Waals surface area contributed by atoms with Crippen LogP contribution in [0.25, 0.3) is 27.8 Å². The number of hydrogen-bond acceptors (Lipinski definition) is 4. The predicted octanol–water partition coefficient (Wildman–Crippen LogP) is 5.02. The fourth-order valence-corrected chi connectivity index (χ4v) is 3.10. The second-order valence-electron chi connectivity index (χ2n) is 6.30. The summed E-state index contributed by atoms with van der Waals surface area (Å²) < 4.78 is 5.41. The number of nitrogens with zero attached hydrogens (tertiary/aromatic N) is 2. The summed E-state index contributed by atoms with van der Waals surface area (Å²) in [5.74, 6) is -0.441. The summed E-state index contributed by atoms with van der Waals surface area (Å²) in [6, 6.07) is 24.9. The molecule has 0 saturated heterocycles. The lowest BCUT2D eigenvalue weighted by molar-refractivity contribution is -0.138. The first-order chi connectivity index (χ1) is 13.7. The molecular formula is C24H16N2O2. The van der Waals surface area contributed by atoms with Gasteiger partial charge in [-0.2, -0.15) is 5.26 Å². The number of aromatic nitrogens is 1. The molecule has 0 bridgehead atoms. The van der Waals surface area contributed by atoms with Gasteiger partial charge < -0.3 is 4.74 Å². The number of rotatable bonds is 4. The Labute approximate surface area is 162 Å². The van der Waals surface area contributed by atoms with Gasteiger partial charge in [0.2, 0.25) is 0 Å². The molecule has 28 heavy (non-hydrogen) atoms. The summed E-state index contributed by atoms with van der Waals surface area (Å²) in [5, 5.41) is 12.0. The van der Waals surface area contributed by atoms with E-state index in [-0.39, 0.29) is 6.61 Å². The van der Waals surface area contributed by atoms with Gasteiger partial charge in [-0.15, -0.1) is 0 Å². The van der Waals surface area contributed by atoms with E-state index in [1.807, 2.05) is 42.5 Å². The third-order valence-corrected chi connectivity index (χ3v) is 4.49. The van der Waals surface area contributed by atoms with Crippen molar-refractivity contribution in [2.45, 2.75) is 6.61 Å². The van der Waals surface area contributed by atoms with E-state index < -0.39 is 5.97 Å². The Morgan fingerprint density at radius 3 is 2.36 bits per heavy atom. The van der Waals surface area contributed by atoms with Crippen LogP contribution in [-0.2, 0) is 16.1 Å². The van der Waals surface area contributed by atoms with E-state index in [2.05, 4.69) is 17.1 Å². The minimum Gasteiger partial charge on any atom is -0.456 e. The SMILES string of the molecule is N#Cc1ccc(/C=C/C(=O)OCc2nc3ccccc3c3ccccc23)cc1. The molecule has 0 aliphatic carbocycles. The molecule has 4 aromatic rings. The van der Waals surface area contributed by atoms with Gasteiger partial charge in [0.25, 0.3) is 0 Å². The number of fused-ring (bicyclic) bond motifs is 3. The minimum absolute atomic E-state index is 0.0991. The second-order valence-corrected chi connectivity index (χ2v) is 6.30. The van der Waals surface area contributed by atoms with Crippen LogP contribution in [0.3, 0.4) is 0 Å². The van der Waals surface area contributed by atoms with E-state index in [0.717, 1.165) is 32.9 Å². The standard InChI is InChI=1S/C24H16N2O2/c25-15-18-11-9-17(10-12-18)13-14-24(27)28-16-23-21-7-2-1-5-19(21)20-6-3-4-8-22(20)26-23/h1-14H,16H2/b14-13+. The van der Waals surface area contributed by atoms with Crippen molar-refractivity contribution in [3.63, 3.8) is 0 Å². The second kappa shape index (κ2) is 7.73. The number of para-hydroxylation sites is 1. The number of pyridine rings is 1. The Balaban J connectivity index is 1.54. The molecule has 134 valence electrons. The zero-order chi connectivity index (χ0) is 19.3. The van der Waals surface area contributed by atoms with Gasteiger partial charge in [0.15, 0.2) is 0 Å². The Morgan fingerprint density at radius 2 is 1.61 bits per heavy atom. The molecule has 4 heteroatoms. The molecular weight excluding hydrogens is 348 g/mol. The average Bonchev–Trinajstić information content (AvgIpc) is 2.76. The summed E-state index contributed by atoms with van der Waals surface area (Å²) in [5.41, 5.74) is 3.01. The van der Waals surface area contributed by atoms with Gasteiger partial charge in [-0.05, 0) is 35.2 Å². The zero-order valence-electron chi connectivity index (χ0n) is 15.0. The number of esters is 1. The van der Waals surface area contributed by atoms with Crippen molar-refractivity contribution in [3.05, 3.63) is 95.7 Å². The molecule has 0 spiro atoms. The summed E-state index contributed by atoms with van der Waals surface area (Å²) in [6.07, 6.45) is 3.04. The normalized spacial score (nSPS) is 11.0. The van der Waals surface area contributed by atoms with Crippen LogP contribution < -0.4 is 0 Å². The molecule has 4 nitrogen and oxygen atoms in total. The Hall–Kier alpha value is -3.97. The molecule has 0 atom stereocenters. The van der Waals surface area contributed by atoms with Gasteiger partial charge in [-0.1, -0.05) is 54.6 Å². The topological polar surface area (TPSA) is 63.0 Å². The summed E-state index contributed by atoms with van der Waals surface area (Å²) in [6.45, 7) is 0.0991. The third kappa shape index (κ3) is 3.60. The highest BCUT2D eigenvalue weighted by molar-refractivity contribution is 6.06. The lowest BCUT2D eigenvalue weighted by atomic mass is 10.0. The largest absolute Gasteiger partial charge is 0.456 e. The monoisotopic (exact) mass is 364 g/mol. The predicted molar refractivity (Wildman–Crippen MR) is 109 cm³/mol. The maximum atomic E-state index is 12.1. The first kappa shape index (κ1) is 17.4. The quantitative estimate of drug-likeness (QED) is 0.290. The molecule has 0 amide bonds. The minimum atomic E-state index is -0.441. The van der Waals surface area contributed by atoms with Crippen molar-refractivity contribution in [3.8, 4) is 6.07 Å². The number of ether oxygens (including phenoxy) is 1. The fraction of sp³-hybridized carbons (Fsp3) is 0.0417. The van der Waals surface area contributed by atoms with Crippen LogP contribution in [0, 0.1) is 11.3 Å². The van der Waals surface area contributed by atoms with Crippen molar-refractivity contribution in [2.24, 2.45) is 0 Å². The smallest absolute Gasteiger partial charge is 0.331 e. The van der Waals surface area contributed by atoms with Crippen LogP contribution in [0.1, 0.15) is 16.8 Å². The lowest BCUT2D eigenvalue weighted by Crippen LogP contribution is -2.03. The molecule has 1 aromatic heterocycles. The highest BCUT2D eigenvalue weighted by Gasteiger charge is 2.09. The van der Waals surface area contributed by atoms with Gasteiger partial charge in [0.05, 0.1) is 22.8 Å². The molecule has 4 rings (SSSR count). The van der Waals surface area contributed by atoms with Gasteiger partial charge in [0, 0.05) is 16.8 Å². The molecule has 0 aliphatic rings. The van der Waals surface area contributed by atoms with Crippen LogP contribution in [0.15, 0.2) is 78.9 Å². The lowest BCUT2D eigenvalue weighted by Gasteiger charge is -2.09. The van der Waals surface area contributed by atoms with Gasteiger partial charge >= 0.3 is 5.97 Å². The zero-order valence-corrected chi connectivity index (χ0v) is 15.0. The molecule has 3 aromatic carbocycles. The number of nitriles is 1. The van der Waals surface area contributed by atoms with Crippen LogP contribution in [0.4, 0.5) is 0 Å². The summed E-state index contributed by atoms with van der Waals surface area (Å²) in [7, 11) is 0. The van der Waals surface area contributed by atoms with Gasteiger partial charge in [0.1, 0.15) is 6.61 Å². The number of carbonyl (C=O) groups excluding carboxylic acids is 1. The molecule has 0 radical (unpaired) electrons. The van der Waals surface area contributed by atoms with Crippen LogP contribution in [0.5, 0.6) is 0 Å². The molecule has 0 unspecified atom stereocenters. The first-order valence-corrected chi connectivity index (χ1v) is 8.86. The van der Waals surface area contributed by atoms with Crippen LogP contribution >= 0.6 is 0 Å². The van der Waals surface area contributed by atoms with E-state index in [0.29, 0.717) is 5.56 Å². The van der Waals surface area contributed by atoms with E-state index in [1.54, 1.807) is 30.3 Å². The highest BCUT2D eigenvalue weighted by Crippen LogP contribution is 2.26. The first-order valence-electron chi connectivity index (χ1n) is 8.86.